The van der Waals surface area contributed by atoms with E-state index in [-0.39, 0.29) is 18.7 Å². The number of rotatable bonds is 6. The summed E-state index contributed by atoms with van der Waals surface area (Å²) in [6.45, 7) is 3.89. The third kappa shape index (κ3) is 3.94. The molecule has 1 aliphatic carbocycles. The summed E-state index contributed by atoms with van der Waals surface area (Å²) in [6.07, 6.45) is 3.01. The minimum Gasteiger partial charge on any atom is -0.394 e. The molecule has 0 spiro atoms. The van der Waals surface area contributed by atoms with Gasteiger partial charge >= 0.3 is 6.03 Å². The van der Waals surface area contributed by atoms with Crippen molar-refractivity contribution in [2.75, 3.05) is 6.61 Å². The molecule has 2 unspecified atom stereocenters. The van der Waals surface area contributed by atoms with Crippen molar-refractivity contribution in [3.63, 3.8) is 0 Å². The van der Waals surface area contributed by atoms with Gasteiger partial charge in [-0.2, -0.15) is 0 Å². The predicted molar refractivity (Wildman–Crippen MR) is 77.4 cm³/mol. The second-order valence-corrected chi connectivity index (χ2v) is 6.67. The van der Waals surface area contributed by atoms with Crippen molar-refractivity contribution >= 4 is 17.4 Å². The lowest BCUT2D eigenvalue weighted by Crippen LogP contribution is -2.55. The Bertz CT molecular complexity index is 417. The Kier molecular flexibility index (Phi) is 4.47. The summed E-state index contributed by atoms with van der Waals surface area (Å²) in [5, 5.41) is 17.3. The van der Waals surface area contributed by atoms with Gasteiger partial charge in [-0.15, -0.1) is 11.3 Å². The molecule has 2 rings (SSSR count). The number of aliphatic hydroxyl groups excluding tert-OH is 1. The Morgan fingerprint density at radius 2 is 2.37 bits per heavy atom. The second-order valence-electron chi connectivity index (χ2n) is 5.63. The van der Waals surface area contributed by atoms with Gasteiger partial charge in [0, 0.05) is 17.3 Å². The zero-order valence-corrected chi connectivity index (χ0v) is 12.3. The van der Waals surface area contributed by atoms with Crippen molar-refractivity contribution in [2.45, 2.75) is 44.7 Å². The molecule has 1 aromatic heterocycles. The molecule has 4 nitrogen and oxygen atoms in total. The quantitative estimate of drug-likeness (QED) is 0.748. The molecule has 19 heavy (non-hydrogen) atoms. The first-order valence-corrected chi connectivity index (χ1v) is 7.63. The van der Waals surface area contributed by atoms with Crippen molar-refractivity contribution < 1.29 is 9.90 Å². The maximum atomic E-state index is 12.0. The molecular formula is C14H22N2O2S. The standard InChI is InChI=1S/C14H22N2O2S/c1-10(8-12-4-3-7-19-12)15-13(18)16-14(2,9-17)11-5-6-11/h3-4,7,10-11,17H,5-6,8-9H2,1-2H3,(H2,15,16,18). The van der Waals surface area contributed by atoms with Crippen molar-refractivity contribution in [1.29, 1.82) is 0 Å². The van der Waals surface area contributed by atoms with E-state index in [4.69, 9.17) is 0 Å². The van der Waals surface area contributed by atoms with E-state index in [0.717, 1.165) is 19.3 Å². The Morgan fingerprint density at radius 1 is 1.63 bits per heavy atom. The summed E-state index contributed by atoms with van der Waals surface area (Å²) in [4.78, 5) is 13.2. The first-order valence-electron chi connectivity index (χ1n) is 6.75. The molecule has 106 valence electrons. The minimum atomic E-state index is -0.479. The SMILES string of the molecule is CC(Cc1cccs1)NC(=O)NC(C)(CO)C1CC1. The van der Waals surface area contributed by atoms with Crippen molar-refractivity contribution in [3.8, 4) is 0 Å². The van der Waals surface area contributed by atoms with Crippen LogP contribution in [0, 0.1) is 5.92 Å². The van der Waals surface area contributed by atoms with E-state index in [1.807, 2.05) is 25.3 Å². The molecule has 1 aromatic rings. The molecule has 0 saturated heterocycles. The first-order chi connectivity index (χ1) is 9.03. The van der Waals surface area contributed by atoms with Crippen LogP contribution in [0.4, 0.5) is 4.79 Å². The highest BCUT2D eigenvalue weighted by atomic mass is 32.1. The summed E-state index contributed by atoms with van der Waals surface area (Å²) in [6, 6.07) is 3.99. The highest BCUT2D eigenvalue weighted by Crippen LogP contribution is 2.39. The number of hydrogen-bond donors (Lipinski definition) is 3. The van der Waals surface area contributed by atoms with E-state index < -0.39 is 5.54 Å². The van der Waals surface area contributed by atoms with E-state index in [9.17, 15) is 9.90 Å². The third-order valence-electron chi connectivity index (χ3n) is 3.67. The predicted octanol–water partition coefficient (Wildman–Crippen LogP) is 2.14. The summed E-state index contributed by atoms with van der Waals surface area (Å²) < 4.78 is 0. The molecule has 0 bridgehead atoms. The summed E-state index contributed by atoms with van der Waals surface area (Å²) in [5.74, 6) is 0.413. The van der Waals surface area contributed by atoms with Crippen LogP contribution in [-0.2, 0) is 6.42 Å². The molecule has 0 aromatic carbocycles. The van der Waals surface area contributed by atoms with Gasteiger partial charge < -0.3 is 15.7 Å². The normalized spacial score (nSPS) is 19.5. The van der Waals surface area contributed by atoms with Gasteiger partial charge in [-0.05, 0) is 44.1 Å². The fourth-order valence-corrected chi connectivity index (χ4v) is 3.13. The molecule has 5 heteroatoms. The van der Waals surface area contributed by atoms with Gasteiger partial charge in [-0.1, -0.05) is 6.07 Å². The molecule has 1 aliphatic rings. The number of thiophene rings is 1. The maximum absolute atomic E-state index is 12.0. The van der Waals surface area contributed by atoms with E-state index in [0.29, 0.717) is 5.92 Å². The number of aliphatic hydroxyl groups is 1. The van der Waals surface area contributed by atoms with Gasteiger partial charge in [0.1, 0.15) is 0 Å². The summed E-state index contributed by atoms with van der Waals surface area (Å²) in [5.41, 5.74) is -0.479. The largest absolute Gasteiger partial charge is 0.394 e. The molecule has 3 N–H and O–H groups in total. The van der Waals surface area contributed by atoms with Crippen LogP contribution in [0.2, 0.25) is 0 Å². The number of carbonyl (C=O) groups excluding carboxylic acids is 1. The van der Waals surface area contributed by atoms with E-state index >= 15 is 0 Å². The lowest BCUT2D eigenvalue weighted by molar-refractivity contribution is 0.154. The number of amides is 2. The maximum Gasteiger partial charge on any atom is 0.315 e. The van der Waals surface area contributed by atoms with Crippen LogP contribution in [0.3, 0.4) is 0 Å². The average molecular weight is 282 g/mol. The Morgan fingerprint density at radius 3 is 2.89 bits per heavy atom. The van der Waals surface area contributed by atoms with Gasteiger partial charge in [0.25, 0.3) is 0 Å². The smallest absolute Gasteiger partial charge is 0.315 e. The lowest BCUT2D eigenvalue weighted by atomic mass is 9.97. The van der Waals surface area contributed by atoms with Crippen LogP contribution in [-0.4, -0.2) is 29.3 Å². The molecule has 2 amide bonds. The van der Waals surface area contributed by atoms with E-state index in [1.54, 1.807) is 11.3 Å². The van der Waals surface area contributed by atoms with Crippen molar-refractivity contribution in [3.05, 3.63) is 22.4 Å². The summed E-state index contributed by atoms with van der Waals surface area (Å²) in [7, 11) is 0. The van der Waals surface area contributed by atoms with Gasteiger partial charge in [0.05, 0.1) is 12.1 Å². The number of nitrogens with one attached hydrogen (secondary N) is 2. The second kappa shape index (κ2) is 5.92. The summed E-state index contributed by atoms with van der Waals surface area (Å²) >= 11 is 1.70. The zero-order valence-electron chi connectivity index (χ0n) is 11.5. The van der Waals surface area contributed by atoms with Gasteiger partial charge in [-0.3, -0.25) is 0 Å². The monoisotopic (exact) mass is 282 g/mol. The van der Waals surface area contributed by atoms with E-state index in [1.165, 1.54) is 4.88 Å². The fraction of sp³-hybridized carbons (Fsp3) is 0.643. The number of hydrogen-bond acceptors (Lipinski definition) is 3. The first kappa shape index (κ1) is 14.3. The average Bonchev–Trinajstić information content (AvgIpc) is 3.10. The fourth-order valence-electron chi connectivity index (χ4n) is 2.29. The Balaban J connectivity index is 1.80. The van der Waals surface area contributed by atoms with Gasteiger partial charge in [-0.25, -0.2) is 4.79 Å². The van der Waals surface area contributed by atoms with Gasteiger partial charge in [0.2, 0.25) is 0 Å². The van der Waals surface area contributed by atoms with Crippen LogP contribution in [0.5, 0.6) is 0 Å². The van der Waals surface area contributed by atoms with Crippen LogP contribution < -0.4 is 10.6 Å². The van der Waals surface area contributed by atoms with Crippen LogP contribution in [0.15, 0.2) is 17.5 Å². The molecule has 0 aliphatic heterocycles. The number of urea groups is 1. The van der Waals surface area contributed by atoms with Crippen LogP contribution >= 0.6 is 11.3 Å². The Labute approximate surface area is 118 Å². The lowest BCUT2D eigenvalue weighted by Gasteiger charge is -2.29. The van der Waals surface area contributed by atoms with Gasteiger partial charge in [0.15, 0.2) is 0 Å². The molecule has 1 saturated carbocycles. The molecule has 0 radical (unpaired) electrons. The molecule has 1 fully saturated rings. The topological polar surface area (TPSA) is 61.4 Å². The van der Waals surface area contributed by atoms with Crippen molar-refractivity contribution in [2.24, 2.45) is 5.92 Å². The third-order valence-corrected chi connectivity index (χ3v) is 4.57. The number of carbonyl (C=O) groups is 1. The molecule has 2 atom stereocenters. The van der Waals surface area contributed by atoms with Crippen LogP contribution in [0.25, 0.3) is 0 Å². The highest BCUT2D eigenvalue weighted by molar-refractivity contribution is 7.09. The van der Waals surface area contributed by atoms with Crippen molar-refractivity contribution in [1.82, 2.24) is 10.6 Å². The van der Waals surface area contributed by atoms with E-state index in [2.05, 4.69) is 16.7 Å². The zero-order chi connectivity index (χ0) is 13.9. The van der Waals surface area contributed by atoms with Crippen LogP contribution in [0.1, 0.15) is 31.6 Å². The minimum absolute atomic E-state index is 0.00953. The Hall–Kier alpha value is -1.07. The highest BCUT2D eigenvalue weighted by Gasteiger charge is 2.42. The molecule has 1 heterocycles. The molecular weight excluding hydrogens is 260 g/mol.